The minimum Gasteiger partial charge on any atom is -0.493 e. The maximum Gasteiger partial charge on any atom is 0.226 e. The summed E-state index contributed by atoms with van der Waals surface area (Å²) in [6, 6.07) is 34.5. The predicted octanol–water partition coefficient (Wildman–Crippen LogP) is 8.45. The number of benzene rings is 4. The number of rotatable bonds is 13. The van der Waals surface area contributed by atoms with Gasteiger partial charge in [0.05, 0.1) is 18.0 Å². The highest BCUT2D eigenvalue weighted by Gasteiger charge is 2.22. The van der Waals surface area contributed by atoms with Crippen LogP contribution in [0.1, 0.15) is 57.5 Å². The van der Waals surface area contributed by atoms with Crippen LogP contribution in [-0.4, -0.2) is 22.4 Å². The number of carbonyl (C=O) groups is 1. The van der Waals surface area contributed by atoms with Gasteiger partial charge in [0, 0.05) is 35.2 Å². The van der Waals surface area contributed by atoms with Gasteiger partial charge in [-0.25, -0.2) is 9.97 Å². The summed E-state index contributed by atoms with van der Waals surface area (Å²) in [7, 11) is 0. The Morgan fingerprint density at radius 3 is 2.31 bits per heavy atom. The average molecular weight is 598 g/mol. The van der Waals surface area contributed by atoms with Crippen molar-refractivity contribution < 1.29 is 18.4 Å². The van der Waals surface area contributed by atoms with Crippen molar-refractivity contribution in [1.82, 2.24) is 9.97 Å². The number of hydrogen-bond acceptors (Lipinski definition) is 7. The first-order valence-corrected chi connectivity index (χ1v) is 15.2. The molecule has 1 atom stereocenters. The standard InChI is InChI=1S/C38H35N3O4/c1-3-30-25-44-38(39-30)35(40-34-17-11-10-16-32(34)36(42)28-12-6-4-7-13-28)24-27-18-20-31(21-19-27)43-23-22-33-26(2)45-37(41-33)29-14-8-5-9-15-29/h4-21,25,35,40H,3,22-24H2,1-2H3/t35-/m0/s1. The van der Waals surface area contributed by atoms with E-state index < -0.39 is 0 Å². The van der Waals surface area contributed by atoms with E-state index in [0.717, 1.165) is 46.1 Å². The van der Waals surface area contributed by atoms with Gasteiger partial charge in [-0.05, 0) is 55.3 Å². The molecular formula is C38H35N3O4. The van der Waals surface area contributed by atoms with Gasteiger partial charge in [-0.15, -0.1) is 0 Å². The molecule has 226 valence electrons. The molecule has 0 saturated carbocycles. The Morgan fingerprint density at radius 1 is 0.867 bits per heavy atom. The number of aryl methyl sites for hydroxylation is 2. The van der Waals surface area contributed by atoms with Crippen LogP contribution in [0.25, 0.3) is 11.5 Å². The van der Waals surface area contributed by atoms with Gasteiger partial charge in [-0.3, -0.25) is 4.79 Å². The lowest BCUT2D eigenvalue weighted by Gasteiger charge is -2.19. The molecule has 2 aromatic heterocycles. The van der Waals surface area contributed by atoms with Crippen molar-refractivity contribution in [2.45, 2.75) is 39.2 Å². The highest BCUT2D eigenvalue weighted by Crippen LogP contribution is 2.28. The molecule has 6 rings (SSSR count). The van der Waals surface area contributed by atoms with E-state index in [1.54, 1.807) is 6.26 Å². The molecule has 0 bridgehead atoms. The van der Waals surface area contributed by atoms with Crippen molar-refractivity contribution in [3.8, 4) is 17.2 Å². The quantitative estimate of drug-likeness (QED) is 0.134. The summed E-state index contributed by atoms with van der Waals surface area (Å²) in [5.41, 5.74) is 5.76. The Hall–Kier alpha value is -5.43. The SMILES string of the molecule is CCc1coc([C@H](Cc2ccc(OCCc3nc(-c4ccccc4)oc3C)cc2)Nc2ccccc2C(=O)c2ccccc2)n1. The van der Waals surface area contributed by atoms with Crippen molar-refractivity contribution in [1.29, 1.82) is 0 Å². The van der Waals surface area contributed by atoms with Crippen LogP contribution in [0.5, 0.6) is 5.75 Å². The third-order valence-electron chi connectivity index (χ3n) is 7.65. The zero-order valence-corrected chi connectivity index (χ0v) is 25.4. The zero-order chi connectivity index (χ0) is 31.0. The predicted molar refractivity (Wildman–Crippen MR) is 175 cm³/mol. The van der Waals surface area contributed by atoms with Crippen LogP contribution in [0.2, 0.25) is 0 Å². The smallest absolute Gasteiger partial charge is 0.226 e. The minimum atomic E-state index is -0.296. The number of oxazole rings is 2. The van der Waals surface area contributed by atoms with Crippen LogP contribution in [0, 0.1) is 6.92 Å². The fourth-order valence-corrected chi connectivity index (χ4v) is 5.17. The number of ether oxygens (including phenoxy) is 1. The van der Waals surface area contributed by atoms with Gasteiger partial charge in [-0.2, -0.15) is 0 Å². The third kappa shape index (κ3) is 7.21. The lowest BCUT2D eigenvalue weighted by atomic mass is 10.00. The first-order valence-electron chi connectivity index (χ1n) is 15.2. The molecule has 0 aliphatic rings. The molecule has 0 aliphatic heterocycles. The number of carbonyl (C=O) groups excluding carboxylic acids is 1. The Balaban J connectivity index is 1.14. The Labute approximate surface area is 262 Å². The van der Waals surface area contributed by atoms with E-state index in [1.165, 1.54) is 0 Å². The van der Waals surface area contributed by atoms with Crippen LogP contribution in [0.15, 0.2) is 124 Å². The van der Waals surface area contributed by atoms with Crippen molar-refractivity contribution in [2.75, 3.05) is 11.9 Å². The minimum absolute atomic E-state index is 0.0438. The van der Waals surface area contributed by atoms with Crippen LogP contribution in [-0.2, 0) is 19.3 Å². The molecule has 0 aliphatic carbocycles. The summed E-state index contributed by atoms with van der Waals surface area (Å²) in [6.07, 6.45) is 3.70. The summed E-state index contributed by atoms with van der Waals surface area (Å²) in [5.74, 6) is 2.73. The lowest BCUT2D eigenvalue weighted by Crippen LogP contribution is -2.17. The maximum atomic E-state index is 13.4. The molecule has 0 saturated heterocycles. The molecule has 0 spiro atoms. The average Bonchev–Trinajstić information content (AvgIpc) is 3.73. The summed E-state index contributed by atoms with van der Waals surface area (Å²) >= 11 is 0. The Bertz CT molecular complexity index is 1840. The zero-order valence-electron chi connectivity index (χ0n) is 25.4. The summed E-state index contributed by atoms with van der Waals surface area (Å²) in [5, 5.41) is 3.56. The third-order valence-corrected chi connectivity index (χ3v) is 7.65. The van der Waals surface area contributed by atoms with Gasteiger partial charge < -0.3 is 18.9 Å². The van der Waals surface area contributed by atoms with Crippen molar-refractivity contribution in [3.05, 3.63) is 155 Å². The number of para-hydroxylation sites is 1. The normalized spacial score (nSPS) is 11.7. The molecule has 0 radical (unpaired) electrons. The fourth-order valence-electron chi connectivity index (χ4n) is 5.17. The molecule has 45 heavy (non-hydrogen) atoms. The van der Waals surface area contributed by atoms with Gasteiger partial charge >= 0.3 is 0 Å². The van der Waals surface area contributed by atoms with E-state index >= 15 is 0 Å². The molecule has 4 aromatic carbocycles. The van der Waals surface area contributed by atoms with Crippen LogP contribution in [0.4, 0.5) is 5.69 Å². The highest BCUT2D eigenvalue weighted by molar-refractivity contribution is 6.12. The van der Waals surface area contributed by atoms with Gasteiger partial charge in [0.15, 0.2) is 5.78 Å². The van der Waals surface area contributed by atoms with Crippen molar-refractivity contribution >= 4 is 11.5 Å². The molecule has 0 amide bonds. The van der Waals surface area contributed by atoms with Gasteiger partial charge in [0.1, 0.15) is 23.8 Å². The van der Waals surface area contributed by atoms with Crippen molar-refractivity contribution in [2.24, 2.45) is 0 Å². The second-order valence-electron chi connectivity index (χ2n) is 10.8. The van der Waals surface area contributed by atoms with E-state index in [1.807, 2.05) is 123 Å². The van der Waals surface area contributed by atoms with Gasteiger partial charge in [-0.1, -0.05) is 79.7 Å². The van der Waals surface area contributed by atoms with Gasteiger partial charge in [0.25, 0.3) is 0 Å². The molecule has 7 heteroatoms. The van der Waals surface area contributed by atoms with Crippen LogP contribution < -0.4 is 10.1 Å². The number of ketones is 1. The second-order valence-corrected chi connectivity index (χ2v) is 10.8. The molecule has 1 N–H and O–H groups in total. The number of nitrogens with one attached hydrogen (secondary N) is 1. The van der Waals surface area contributed by atoms with E-state index in [9.17, 15) is 4.79 Å². The molecule has 0 unspecified atom stereocenters. The van der Waals surface area contributed by atoms with E-state index in [2.05, 4.69) is 10.3 Å². The highest BCUT2D eigenvalue weighted by atomic mass is 16.5. The molecule has 7 nitrogen and oxygen atoms in total. The molecule has 6 aromatic rings. The number of nitrogens with zero attached hydrogens (tertiary/aromatic N) is 2. The van der Waals surface area contributed by atoms with Gasteiger partial charge in [0.2, 0.25) is 11.8 Å². The largest absolute Gasteiger partial charge is 0.493 e. The number of aromatic nitrogens is 2. The number of anilines is 1. The van der Waals surface area contributed by atoms with E-state index in [4.69, 9.17) is 18.6 Å². The Morgan fingerprint density at radius 2 is 1.58 bits per heavy atom. The fraction of sp³-hybridized carbons (Fsp3) is 0.184. The van der Waals surface area contributed by atoms with E-state index in [-0.39, 0.29) is 11.8 Å². The van der Waals surface area contributed by atoms with Crippen LogP contribution >= 0.6 is 0 Å². The van der Waals surface area contributed by atoms with Crippen LogP contribution in [0.3, 0.4) is 0 Å². The monoisotopic (exact) mass is 597 g/mol. The first-order chi connectivity index (χ1) is 22.1. The maximum absolute atomic E-state index is 13.4. The summed E-state index contributed by atoms with van der Waals surface area (Å²) in [4.78, 5) is 22.8. The molecule has 2 heterocycles. The topological polar surface area (TPSA) is 90.4 Å². The number of hydrogen-bond donors (Lipinski definition) is 1. The van der Waals surface area contributed by atoms with E-state index in [0.29, 0.717) is 42.4 Å². The Kier molecular flexibility index (Phi) is 9.16. The van der Waals surface area contributed by atoms with Crippen molar-refractivity contribution in [3.63, 3.8) is 0 Å². The summed E-state index contributed by atoms with van der Waals surface area (Å²) < 4.78 is 17.8. The molecular weight excluding hydrogens is 562 g/mol. The lowest BCUT2D eigenvalue weighted by molar-refractivity contribution is 0.103. The first kappa shape index (κ1) is 29.6. The molecule has 0 fully saturated rings. The second kappa shape index (κ2) is 13.9. The summed E-state index contributed by atoms with van der Waals surface area (Å²) in [6.45, 7) is 4.46.